The Labute approximate surface area is 201 Å². The number of carbonyl (C=O) groups is 1. The molecule has 0 bridgehead atoms. The van der Waals surface area contributed by atoms with Crippen LogP contribution in [0.4, 0.5) is 11.6 Å². The minimum Gasteiger partial charge on any atom is -0.488 e. The van der Waals surface area contributed by atoms with Crippen molar-refractivity contribution in [3.63, 3.8) is 0 Å². The Morgan fingerprint density at radius 2 is 2.03 bits per heavy atom. The third kappa shape index (κ3) is 6.56. The highest BCUT2D eigenvalue weighted by Crippen LogP contribution is 2.27. The smallest absolute Gasteiger partial charge is 0.261 e. The maximum atomic E-state index is 12.1. The molecule has 1 heterocycles. The summed E-state index contributed by atoms with van der Waals surface area (Å²) in [7, 11) is 0. The second-order valence-electron chi connectivity index (χ2n) is 6.91. The molecule has 0 aliphatic heterocycles. The highest BCUT2D eigenvalue weighted by Gasteiger charge is 2.11. The SMILES string of the molecule is CCN(CC)c1ccc(/C=N/NC(=O)Cn2nnnc2N)c(OCc2ccc(Cl)cc2Cl)c1. The van der Waals surface area contributed by atoms with Gasteiger partial charge in [-0.05, 0) is 48.5 Å². The lowest BCUT2D eigenvalue weighted by Crippen LogP contribution is -2.24. The molecule has 0 atom stereocenters. The van der Waals surface area contributed by atoms with E-state index in [-0.39, 0.29) is 19.1 Å². The van der Waals surface area contributed by atoms with Crippen molar-refractivity contribution in [1.29, 1.82) is 0 Å². The van der Waals surface area contributed by atoms with Crippen molar-refractivity contribution in [2.24, 2.45) is 5.10 Å². The second kappa shape index (κ2) is 11.5. The molecule has 0 saturated heterocycles. The molecule has 1 amide bonds. The number of hydrazone groups is 1. The van der Waals surface area contributed by atoms with Crippen molar-refractivity contribution < 1.29 is 9.53 Å². The van der Waals surface area contributed by atoms with Crippen molar-refractivity contribution in [1.82, 2.24) is 25.6 Å². The third-order valence-corrected chi connectivity index (χ3v) is 5.36. The van der Waals surface area contributed by atoms with E-state index >= 15 is 0 Å². The number of nitrogens with two attached hydrogens (primary N) is 1. The molecule has 174 valence electrons. The third-order valence-electron chi connectivity index (χ3n) is 4.77. The van der Waals surface area contributed by atoms with E-state index in [1.165, 1.54) is 6.21 Å². The van der Waals surface area contributed by atoms with Crippen LogP contribution in [-0.4, -0.2) is 45.4 Å². The van der Waals surface area contributed by atoms with Crippen LogP contribution in [0.1, 0.15) is 25.0 Å². The maximum absolute atomic E-state index is 12.1. The van der Waals surface area contributed by atoms with Gasteiger partial charge in [0.05, 0.1) is 6.21 Å². The van der Waals surface area contributed by atoms with E-state index < -0.39 is 5.91 Å². The second-order valence-corrected chi connectivity index (χ2v) is 7.75. The molecule has 1 aromatic heterocycles. The molecule has 33 heavy (non-hydrogen) atoms. The summed E-state index contributed by atoms with van der Waals surface area (Å²) >= 11 is 12.3. The molecule has 0 radical (unpaired) electrons. The van der Waals surface area contributed by atoms with Crippen molar-refractivity contribution in [3.8, 4) is 5.75 Å². The number of hydrogen-bond donors (Lipinski definition) is 2. The van der Waals surface area contributed by atoms with Gasteiger partial charge in [0.2, 0.25) is 5.95 Å². The van der Waals surface area contributed by atoms with Gasteiger partial charge in [-0.3, -0.25) is 4.79 Å². The van der Waals surface area contributed by atoms with E-state index in [1.807, 2.05) is 24.3 Å². The Kier molecular flexibility index (Phi) is 8.45. The minimum atomic E-state index is -0.430. The lowest BCUT2D eigenvalue weighted by atomic mass is 10.1. The number of ether oxygens (including phenoxy) is 1. The van der Waals surface area contributed by atoms with Crippen LogP contribution >= 0.6 is 23.2 Å². The highest BCUT2D eigenvalue weighted by molar-refractivity contribution is 6.35. The van der Waals surface area contributed by atoms with E-state index in [2.05, 4.69) is 44.8 Å². The molecule has 12 heteroatoms. The van der Waals surface area contributed by atoms with Gasteiger partial charge in [0.25, 0.3) is 5.91 Å². The fourth-order valence-electron chi connectivity index (χ4n) is 3.00. The topological polar surface area (TPSA) is 124 Å². The normalized spacial score (nSPS) is 11.0. The zero-order chi connectivity index (χ0) is 23.8. The lowest BCUT2D eigenvalue weighted by Gasteiger charge is -2.22. The van der Waals surface area contributed by atoms with E-state index in [1.54, 1.807) is 12.1 Å². The largest absolute Gasteiger partial charge is 0.488 e. The van der Waals surface area contributed by atoms with Gasteiger partial charge in [0, 0.05) is 46.0 Å². The van der Waals surface area contributed by atoms with Gasteiger partial charge in [-0.15, -0.1) is 0 Å². The number of amides is 1. The van der Waals surface area contributed by atoms with Crippen molar-refractivity contribution >= 4 is 47.0 Å². The summed E-state index contributed by atoms with van der Waals surface area (Å²) in [6.07, 6.45) is 1.51. The van der Waals surface area contributed by atoms with Crippen LogP contribution in [0.5, 0.6) is 5.75 Å². The van der Waals surface area contributed by atoms with Crippen molar-refractivity contribution in [2.45, 2.75) is 27.0 Å². The first kappa shape index (κ1) is 24.3. The van der Waals surface area contributed by atoms with Gasteiger partial charge in [0.15, 0.2) is 0 Å². The number of nitrogen functional groups attached to an aromatic ring is 1. The van der Waals surface area contributed by atoms with Crippen LogP contribution in [0.2, 0.25) is 10.0 Å². The summed E-state index contributed by atoms with van der Waals surface area (Å²) < 4.78 is 7.24. The molecule has 3 N–H and O–H groups in total. The number of nitrogens with one attached hydrogen (secondary N) is 1. The monoisotopic (exact) mass is 490 g/mol. The van der Waals surface area contributed by atoms with Gasteiger partial charge in [-0.1, -0.05) is 34.4 Å². The Bertz CT molecular complexity index is 1130. The van der Waals surface area contributed by atoms with E-state index in [0.717, 1.165) is 29.0 Å². The highest BCUT2D eigenvalue weighted by atomic mass is 35.5. The molecule has 3 aromatic rings. The van der Waals surface area contributed by atoms with Crippen LogP contribution in [-0.2, 0) is 17.9 Å². The van der Waals surface area contributed by atoms with Gasteiger partial charge >= 0.3 is 0 Å². The number of tetrazole rings is 1. The first-order valence-corrected chi connectivity index (χ1v) is 11.0. The molecule has 2 aromatic carbocycles. The van der Waals surface area contributed by atoms with Crippen molar-refractivity contribution in [3.05, 3.63) is 57.6 Å². The summed E-state index contributed by atoms with van der Waals surface area (Å²) in [6.45, 7) is 5.95. The maximum Gasteiger partial charge on any atom is 0.261 e. The molecular weight excluding hydrogens is 467 g/mol. The molecule has 0 aliphatic carbocycles. The average molecular weight is 491 g/mol. The Balaban J connectivity index is 1.76. The van der Waals surface area contributed by atoms with Crippen molar-refractivity contribution in [2.75, 3.05) is 23.7 Å². The van der Waals surface area contributed by atoms with Crippen LogP contribution in [0.25, 0.3) is 0 Å². The van der Waals surface area contributed by atoms with E-state index in [0.29, 0.717) is 21.4 Å². The molecule has 0 unspecified atom stereocenters. The number of rotatable bonds is 10. The fraction of sp³-hybridized carbons (Fsp3) is 0.286. The van der Waals surface area contributed by atoms with Crippen LogP contribution in [0, 0.1) is 0 Å². The molecule has 3 rings (SSSR count). The Morgan fingerprint density at radius 1 is 1.24 bits per heavy atom. The number of anilines is 2. The molecule has 0 aliphatic rings. The fourth-order valence-corrected chi connectivity index (χ4v) is 3.47. The summed E-state index contributed by atoms with van der Waals surface area (Å²) in [6, 6.07) is 11.0. The van der Waals surface area contributed by atoms with Gasteiger partial charge in [0.1, 0.15) is 18.9 Å². The zero-order valence-corrected chi connectivity index (χ0v) is 19.7. The van der Waals surface area contributed by atoms with Crippen LogP contribution < -0.4 is 20.8 Å². The number of hydrogen-bond acceptors (Lipinski definition) is 8. The standard InChI is InChI=1S/C21H24Cl2N8O2/c1-3-30(4-2)17-8-6-14(11-25-26-20(32)12-31-21(24)27-28-29-31)19(10-17)33-13-15-5-7-16(22)9-18(15)23/h5-11H,3-4,12-13H2,1-2H3,(H,26,32)(H2,24,27,29)/b25-11+. The number of halogens is 2. The van der Waals surface area contributed by atoms with Gasteiger partial charge in [-0.25, -0.2) is 10.1 Å². The van der Waals surface area contributed by atoms with E-state index in [4.69, 9.17) is 33.7 Å². The molecule has 0 spiro atoms. The predicted octanol–water partition coefficient (Wildman–Crippen LogP) is 3.14. The quantitative estimate of drug-likeness (QED) is 0.330. The first-order valence-electron chi connectivity index (χ1n) is 10.2. The molecule has 0 fully saturated rings. The number of benzene rings is 2. The lowest BCUT2D eigenvalue weighted by molar-refractivity contribution is -0.121. The zero-order valence-electron chi connectivity index (χ0n) is 18.2. The van der Waals surface area contributed by atoms with Crippen LogP contribution in [0.3, 0.4) is 0 Å². The minimum absolute atomic E-state index is 0.0395. The van der Waals surface area contributed by atoms with E-state index in [9.17, 15) is 4.79 Å². The average Bonchev–Trinajstić information content (AvgIpc) is 3.19. The first-order chi connectivity index (χ1) is 15.9. The number of carbonyl (C=O) groups excluding carboxylic acids is 1. The Morgan fingerprint density at radius 3 is 2.70 bits per heavy atom. The summed E-state index contributed by atoms with van der Waals surface area (Å²) in [5.74, 6) is 0.200. The number of nitrogens with zero attached hydrogens (tertiary/aromatic N) is 6. The molecule has 10 nitrogen and oxygen atoms in total. The van der Waals surface area contributed by atoms with Gasteiger partial charge < -0.3 is 15.4 Å². The van der Waals surface area contributed by atoms with Gasteiger partial charge in [-0.2, -0.15) is 5.10 Å². The Hall–Kier alpha value is -3.37. The molecular formula is C21H24Cl2N8O2. The number of aromatic nitrogens is 4. The predicted molar refractivity (Wildman–Crippen MR) is 129 cm³/mol. The summed E-state index contributed by atoms with van der Waals surface area (Å²) in [5, 5.41) is 15.6. The molecule has 0 saturated carbocycles. The summed E-state index contributed by atoms with van der Waals surface area (Å²) in [5.41, 5.74) is 10.5. The van der Waals surface area contributed by atoms with Crippen LogP contribution in [0.15, 0.2) is 41.5 Å². The summed E-state index contributed by atoms with van der Waals surface area (Å²) in [4.78, 5) is 14.3.